The lowest BCUT2D eigenvalue weighted by molar-refractivity contribution is -0.118. The van der Waals surface area contributed by atoms with E-state index in [0.29, 0.717) is 11.9 Å². The van der Waals surface area contributed by atoms with Gasteiger partial charge in [0.05, 0.1) is 11.7 Å². The van der Waals surface area contributed by atoms with E-state index in [1.54, 1.807) is 22.8 Å². The molecule has 2 heterocycles. The zero-order valence-corrected chi connectivity index (χ0v) is 19.0. The molecule has 5 nitrogen and oxygen atoms in total. The van der Waals surface area contributed by atoms with Crippen LogP contribution >= 0.6 is 11.3 Å². The van der Waals surface area contributed by atoms with E-state index in [4.69, 9.17) is 0 Å². The number of carbonyl (C=O) groups excluding carboxylic acids is 1. The number of aromatic nitrogens is 2. The minimum Gasteiger partial charge on any atom is -0.315 e. The highest BCUT2D eigenvalue weighted by molar-refractivity contribution is 7.17. The molecule has 0 aliphatic heterocycles. The number of hydrogen-bond donors (Lipinski definition) is 0. The van der Waals surface area contributed by atoms with Crippen LogP contribution in [0.5, 0.6) is 0 Å². The molecule has 0 unspecified atom stereocenters. The molecule has 4 aromatic rings. The summed E-state index contributed by atoms with van der Waals surface area (Å²) in [6, 6.07) is 14.2. The Kier molecular flexibility index (Phi) is 5.74. The molecule has 0 fully saturated rings. The quantitative estimate of drug-likeness (QED) is 0.442. The van der Waals surface area contributed by atoms with Gasteiger partial charge in [-0.25, -0.2) is 4.98 Å². The average molecular weight is 432 g/mol. The second kappa shape index (κ2) is 8.47. The van der Waals surface area contributed by atoms with Gasteiger partial charge in [0.25, 0.3) is 5.56 Å². The third-order valence-corrected chi connectivity index (χ3v) is 6.48. The van der Waals surface area contributed by atoms with Crippen molar-refractivity contribution in [2.24, 2.45) is 0 Å². The van der Waals surface area contributed by atoms with E-state index in [0.717, 1.165) is 32.8 Å². The summed E-state index contributed by atoms with van der Waals surface area (Å²) in [5.74, 6) is -0.0372. The number of anilines is 1. The Morgan fingerprint density at radius 1 is 1.06 bits per heavy atom. The fourth-order valence-corrected chi connectivity index (χ4v) is 4.58. The summed E-state index contributed by atoms with van der Waals surface area (Å²) in [6.07, 6.45) is 1.77. The van der Waals surface area contributed by atoms with Crippen LogP contribution in [0.4, 0.5) is 5.69 Å². The van der Waals surface area contributed by atoms with Gasteiger partial charge < -0.3 is 4.90 Å². The molecule has 1 amide bonds. The molecule has 0 atom stereocenters. The maximum atomic E-state index is 13.2. The number of nitrogens with zero attached hydrogens (tertiary/aromatic N) is 3. The van der Waals surface area contributed by atoms with E-state index in [1.165, 1.54) is 16.9 Å². The highest BCUT2D eigenvalue weighted by atomic mass is 32.1. The average Bonchev–Trinajstić information content (AvgIpc) is 3.20. The van der Waals surface area contributed by atoms with Crippen molar-refractivity contribution in [2.45, 2.75) is 33.7 Å². The van der Waals surface area contributed by atoms with E-state index >= 15 is 0 Å². The van der Waals surface area contributed by atoms with E-state index in [9.17, 15) is 9.59 Å². The van der Waals surface area contributed by atoms with Gasteiger partial charge in [0.2, 0.25) is 5.91 Å². The van der Waals surface area contributed by atoms with Crippen molar-refractivity contribution in [3.05, 3.63) is 81.2 Å². The Morgan fingerprint density at radius 2 is 1.77 bits per heavy atom. The van der Waals surface area contributed by atoms with Gasteiger partial charge in [-0.05, 0) is 43.5 Å². The number of rotatable bonds is 5. The van der Waals surface area contributed by atoms with Gasteiger partial charge in [-0.15, -0.1) is 11.3 Å². The van der Waals surface area contributed by atoms with Gasteiger partial charge in [-0.1, -0.05) is 42.0 Å². The van der Waals surface area contributed by atoms with Crippen LogP contribution in [0.1, 0.15) is 23.1 Å². The zero-order chi connectivity index (χ0) is 22.1. The monoisotopic (exact) mass is 431 g/mol. The molecule has 0 aliphatic rings. The molecular formula is C25H25N3O2S. The van der Waals surface area contributed by atoms with Gasteiger partial charge in [0.15, 0.2) is 0 Å². The molecule has 158 valence electrons. The molecule has 0 saturated carbocycles. The van der Waals surface area contributed by atoms with Crippen LogP contribution in [0.25, 0.3) is 21.3 Å². The zero-order valence-electron chi connectivity index (χ0n) is 18.2. The minimum atomic E-state index is -0.107. The Balaban J connectivity index is 1.59. The van der Waals surface area contributed by atoms with Gasteiger partial charge in [0, 0.05) is 36.6 Å². The fourth-order valence-electron chi connectivity index (χ4n) is 3.67. The number of hydrogen-bond acceptors (Lipinski definition) is 4. The minimum absolute atomic E-state index is 0.0372. The molecule has 0 spiro atoms. The molecule has 4 rings (SSSR count). The van der Waals surface area contributed by atoms with E-state index in [1.807, 2.05) is 68.6 Å². The highest BCUT2D eigenvalue weighted by Gasteiger charge is 2.16. The topological polar surface area (TPSA) is 55.2 Å². The smallest absolute Gasteiger partial charge is 0.262 e. The third-order valence-electron chi connectivity index (χ3n) is 5.59. The number of thiophene rings is 1. The predicted octanol–water partition coefficient (Wildman–Crippen LogP) is 5.10. The lowest BCUT2D eigenvalue weighted by atomic mass is 10.1. The van der Waals surface area contributed by atoms with Crippen molar-refractivity contribution in [3.8, 4) is 11.1 Å². The first-order valence-corrected chi connectivity index (χ1v) is 11.1. The first kappa shape index (κ1) is 21.0. The first-order valence-electron chi connectivity index (χ1n) is 10.2. The van der Waals surface area contributed by atoms with Crippen LogP contribution in [0.15, 0.2) is 59.0 Å². The Hall–Kier alpha value is -3.25. The molecule has 2 aromatic heterocycles. The summed E-state index contributed by atoms with van der Waals surface area (Å²) in [5, 5.41) is 2.60. The maximum absolute atomic E-state index is 13.2. The van der Waals surface area contributed by atoms with Crippen LogP contribution in [0, 0.1) is 20.8 Å². The van der Waals surface area contributed by atoms with Crippen molar-refractivity contribution in [2.75, 3.05) is 11.9 Å². The standard InChI is InChI=1S/C25H25N3O2S/c1-16-6-9-19(10-7-16)20-14-31-24-23(20)25(30)28(15-26-24)12-11-22(29)27(4)21-13-17(2)5-8-18(21)3/h5-10,13-15H,11-12H2,1-4H3. The van der Waals surface area contributed by atoms with Gasteiger partial charge in [0.1, 0.15) is 4.83 Å². The Bertz CT molecular complexity index is 1320. The van der Waals surface area contributed by atoms with Crippen LogP contribution < -0.4 is 10.5 Å². The number of aryl methyl sites for hydroxylation is 4. The molecule has 2 aromatic carbocycles. The lowest BCUT2D eigenvalue weighted by Gasteiger charge is -2.20. The molecular weight excluding hydrogens is 406 g/mol. The van der Waals surface area contributed by atoms with Crippen LogP contribution in [-0.2, 0) is 11.3 Å². The predicted molar refractivity (Wildman–Crippen MR) is 128 cm³/mol. The molecule has 0 saturated heterocycles. The molecule has 6 heteroatoms. The van der Waals surface area contributed by atoms with Crippen LogP contribution in [0.3, 0.4) is 0 Å². The van der Waals surface area contributed by atoms with Crippen molar-refractivity contribution >= 4 is 33.1 Å². The second-order valence-corrected chi connectivity index (χ2v) is 8.79. The maximum Gasteiger partial charge on any atom is 0.262 e. The molecule has 0 radical (unpaired) electrons. The third kappa shape index (κ3) is 4.16. The summed E-state index contributed by atoms with van der Waals surface area (Å²) >= 11 is 1.47. The summed E-state index contributed by atoms with van der Waals surface area (Å²) in [6.45, 7) is 6.33. The Labute approximate surface area is 185 Å². The van der Waals surface area contributed by atoms with Crippen LogP contribution in [-0.4, -0.2) is 22.5 Å². The SMILES string of the molecule is Cc1ccc(-c2csc3ncn(CCC(=O)N(C)c4cc(C)ccc4C)c(=O)c23)cc1. The summed E-state index contributed by atoms with van der Waals surface area (Å²) in [7, 11) is 1.78. The van der Waals surface area contributed by atoms with E-state index in [2.05, 4.69) is 4.98 Å². The number of fused-ring (bicyclic) bond motifs is 1. The largest absolute Gasteiger partial charge is 0.315 e. The second-order valence-electron chi connectivity index (χ2n) is 7.93. The number of carbonyl (C=O) groups is 1. The van der Waals surface area contributed by atoms with Gasteiger partial charge in [-0.3, -0.25) is 14.2 Å². The van der Waals surface area contributed by atoms with Gasteiger partial charge in [-0.2, -0.15) is 0 Å². The van der Waals surface area contributed by atoms with Crippen molar-refractivity contribution in [3.63, 3.8) is 0 Å². The van der Waals surface area contributed by atoms with Crippen molar-refractivity contribution < 1.29 is 4.79 Å². The fraction of sp³-hybridized carbons (Fsp3) is 0.240. The number of benzene rings is 2. The summed E-state index contributed by atoms with van der Waals surface area (Å²) in [5.41, 5.74) is 6.00. The Morgan fingerprint density at radius 3 is 2.52 bits per heavy atom. The van der Waals surface area contributed by atoms with Crippen molar-refractivity contribution in [1.82, 2.24) is 9.55 Å². The van der Waals surface area contributed by atoms with E-state index in [-0.39, 0.29) is 17.9 Å². The number of amides is 1. The molecule has 0 N–H and O–H groups in total. The van der Waals surface area contributed by atoms with Crippen LogP contribution in [0.2, 0.25) is 0 Å². The van der Waals surface area contributed by atoms with Gasteiger partial charge >= 0.3 is 0 Å². The van der Waals surface area contributed by atoms with Crippen molar-refractivity contribution in [1.29, 1.82) is 0 Å². The molecule has 0 bridgehead atoms. The first-order chi connectivity index (χ1) is 14.8. The molecule has 31 heavy (non-hydrogen) atoms. The van der Waals surface area contributed by atoms with E-state index < -0.39 is 0 Å². The normalized spacial score (nSPS) is 11.1. The molecule has 0 aliphatic carbocycles. The highest BCUT2D eigenvalue weighted by Crippen LogP contribution is 2.30. The lowest BCUT2D eigenvalue weighted by Crippen LogP contribution is -2.30. The summed E-state index contributed by atoms with van der Waals surface area (Å²) < 4.78 is 1.54. The summed E-state index contributed by atoms with van der Waals surface area (Å²) in [4.78, 5) is 32.9.